The van der Waals surface area contributed by atoms with E-state index in [2.05, 4.69) is 5.32 Å². The van der Waals surface area contributed by atoms with Gasteiger partial charge in [-0.3, -0.25) is 4.79 Å². The van der Waals surface area contributed by atoms with Crippen molar-refractivity contribution in [2.45, 2.75) is 31.7 Å². The van der Waals surface area contributed by atoms with Crippen molar-refractivity contribution in [3.63, 3.8) is 0 Å². The van der Waals surface area contributed by atoms with Gasteiger partial charge in [0.15, 0.2) is 0 Å². The molecule has 0 bridgehead atoms. The average molecular weight is 154 g/mol. The second-order valence-electron chi connectivity index (χ2n) is 3.95. The first-order chi connectivity index (χ1) is 5.20. The summed E-state index contributed by atoms with van der Waals surface area (Å²) in [5.41, 5.74) is 6.01. The van der Waals surface area contributed by atoms with Gasteiger partial charge in [0.2, 0.25) is 5.91 Å². The zero-order chi connectivity index (χ0) is 7.90. The van der Waals surface area contributed by atoms with Gasteiger partial charge < -0.3 is 11.1 Å². The third-order valence-corrected chi connectivity index (χ3v) is 2.90. The van der Waals surface area contributed by atoms with Gasteiger partial charge in [-0.15, -0.1) is 0 Å². The molecule has 1 spiro atoms. The minimum Gasteiger partial charge on any atom is -0.356 e. The van der Waals surface area contributed by atoms with Crippen molar-refractivity contribution < 1.29 is 4.79 Å². The number of hydrogen-bond donors (Lipinski definition) is 2. The fourth-order valence-electron chi connectivity index (χ4n) is 2.36. The van der Waals surface area contributed by atoms with Gasteiger partial charge in [0.05, 0.1) is 0 Å². The molecule has 1 heterocycles. The molecule has 1 saturated carbocycles. The number of nitrogens with one attached hydrogen (secondary N) is 1. The predicted octanol–water partition coefficient (Wildman–Crippen LogP) is 0.00390. The Labute approximate surface area is 66.3 Å². The number of piperidine rings is 1. The van der Waals surface area contributed by atoms with Gasteiger partial charge in [-0.05, 0) is 24.7 Å². The summed E-state index contributed by atoms with van der Waals surface area (Å²) in [4.78, 5) is 11.0. The normalized spacial score (nSPS) is 43.4. The number of carbonyl (C=O) groups is 1. The largest absolute Gasteiger partial charge is 0.356 e. The van der Waals surface area contributed by atoms with E-state index in [0.717, 1.165) is 25.8 Å². The van der Waals surface area contributed by atoms with Crippen molar-refractivity contribution in [1.82, 2.24) is 5.32 Å². The molecule has 2 rings (SSSR count). The number of nitrogens with two attached hydrogens (primary N) is 1. The van der Waals surface area contributed by atoms with Crippen LogP contribution < -0.4 is 11.1 Å². The maximum absolute atomic E-state index is 11.0. The molecular formula is C8H14N2O. The summed E-state index contributed by atoms with van der Waals surface area (Å²) in [7, 11) is 0. The minimum absolute atomic E-state index is 0.211. The van der Waals surface area contributed by atoms with Crippen molar-refractivity contribution in [3.8, 4) is 0 Å². The highest BCUT2D eigenvalue weighted by Crippen LogP contribution is 2.47. The molecule has 0 radical (unpaired) electrons. The molecule has 1 aliphatic carbocycles. The molecule has 0 aromatic rings. The van der Waals surface area contributed by atoms with E-state index in [0.29, 0.717) is 17.9 Å². The number of rotatable bonds is 0. The summed E-state index contributed by atoms with van der Waals surface area (Å²) >= 11 is 0. The predicted molar refractivity (Wildman–Crippen MR) is 41.9 cm³/mol. The first kappa shape index (κ1) is 7.10. The van der Waals surface area contributed by atoms with Crippen LogP contribution in [0.3, 0.4) is 0 Å². The Bertz CT molecular complexity index is 179. The molecular weight excluding hydrogens is 140 g/mol. The van der Waals surface area contributed by atoms with Gasteiger partial charge >= 0.3 is 0 Å². The monoisotopic (exact) mass is 154 g/mol. The lowest BCUT2D eigenvalue weighted by atomic mass is 9.61. The van der Waals surface area contributed by atoms with Crippen LogP contribution in [0.25, 0.3) is 0 Å². The minimum atomic E-state index is 0.211. The van der Waals surface area contributed by atoms with E-state index >= 15 is 0 Å². The van der Waals surface area contributed by atoms with Gasteiger partial charge in [0.1, 0.15) is 0 Å². The molecule has 1 saturated heterocycles. The second-order valence-corrected chi connectivity index (χ2v) is 3.95. The Balaban J connectivity index is 1.98. The quantitative estimate of drug-likeness (QED) is 0.516. The Morgan fingerprint density at radius 1 is 1.55 bits per heavy atom. The molecule has 0 aromatic heterocycles. The van der Waals surface area contributed by atoms with E-state index in [1.807, 2.05) is 0 Å². The average Bonchev–Trinajstić information content (AvgIpc) is 1.84. The smallest absolute Gasteiger partial charge is 0.220 e. The molecule has 0 aromatic carbocycles. The van der Waals surface area contributed by atoms with Crippen LogP contribution in [0.1, 0.15) is 25.7 Å². The van der Waals surface area contributed by atoms with E-state index < -0.39 is 0 Å². The summed E-state index contributed by atoms with van der Waals surface area (Å²) in [6.45, 7) is 0.853. The maximum atomic E-state index is 11.0. The third-order valence-electron chi connectivity index (χ3n) is 2.90. The lowest BCUT2D eigenvalue weighted by Gasteiger charge is -2.48. The second kappa shape index (κ2) is 2.21. The van der Waals surface area contributed by atoms with Gasteiger partial charge in [-0.1, -0.05) is 0 Å². The van der Waals surface area contributed by atoms with Crippen molar-refractivity contribution in [3.05, 3.63) is 0 Å². The highest BCUT2D eigenvalue weighted by molar-refractivity contribution is 5.77. The standard InChI is InChI=1S/C8H14N2O/c9-6-3-8(4-6)1-2-10-7(11)5-8/h6H,1-5,9H2,(H,10,11). The molecule has 0 atom stereocenters. The summed E-state index contributed by atoms with van der Waals surface area (Å²) in [5, 5.41) is 2.84. The van der Waals surface area contributed by atoms with Crippen LogP contribution in [0.2, 0.25) is 0 Å². The fraction of sp³-hybridized carbons (Fsp3) is 0.875. The van der Waals surface area contributed by atoms with Gasteiger partial charge in [0, 0.05) is 19.0 Å². The third kappa shape index (κ3) is 1.13. The molecule has 11 heavy (non-hydrogen) atoms. The van der Waals surface area contributed by atoms with Crippen molar-refractivity contribution in [1.29, 1.82) is 0 Å². The van der Waals surface area contributed by atoms with Crippen LogP contribution in [-0.4, -0.2) is 18.5 Å². The summed E-state index contributed by atoms with van der Waals surface area (Å²) < 4.78 is 0. The Morgan fingerprint density at radius 2 is 2.27 bits per heavy atom. The first-order valence-electron chi connectivity index (χ1n) is 4.23. The van der Waals surface area contributed by atoms with Gasteiger partial charge in [-0.25, -0.2) is 0 Å². The zero-order valence-electron chi connectivity index (χ0n) is 6.60. The molecule has 2 fully saturated rings. The number of carbonyl (C=O) groups excluding carboxylic acids is 1. The van der Waals surface area contributed by atoms with E-state index in [1.165, 1.54) is 0 Å². The molecule has 1 aliphatic heterocycles. The highest BCUT2D eigenvalue weighted by Gasteiger charge is 2.45. The van der Waals surface area contributed by atoms with Crippen LogP contribution in [0.5, 0.6) is 0 Å². The first-order valence-corrected chi connectivity index (χ1v) is 4.23. The molecule has 3 heteroatoms. The summed E-state index contributed by atoms with van der Waals surface area (Å²) in [6.07, 6.45) is 3.95. The van der Waals surface area contributed by atoms with Crippen molar-refractivity contribution in [2.24, 2.45) is 11.1 Å². The van der Waals surface area contributed by atoms with E-state index in [1.54, 1.807) is 0 Å². The van der Waals surface area contributed by atoms with Crippen LogP contribution in [0, 0.1) is 5.41 Å². The van der Waals surface area contributed by atoms with Crippen molar-refractivity contribution in [2.75, 3.05) is 6.54 Å². The topological polar surface area (TPSA) is 55.1 Å². The fourth-order valence-corrected chi connectivity index (χ4v) is 2.36. The van der Waals surface area contributed by atoms with Crippen LogP contribution in [0.4, 0.5) is 0 Å². The molecule has 62 valence electrons. The maximum Gasteiger partial charge on any atom is 0.220 e. The van der Waals surface area contributed by atoms with Crippen LogP contribution >= 0.6 is 0 Å². The van der Waals surface area contributed by atoms with E-state index in [-0.39, 0.29) is 5.91 Å². The van der Waals surface area contributed by atoms with E-state index in [9.17, 15) is 4.79 Å². The zero-order valence-corrected chi connectivity index (χ0v) is 6.60. The Kier molecular flexibility index (Phi) is 1.42. The SMILES string of the molecule is NC1CC2(CCNC(=O)C2)C1. The molecule has 3 N–H and O–H groups in total. The Hall–Kier alpha value is -0.570. The van der Waals surface area contributed by atoms with Gasteiger partial charge in [-0.2, -0.15) is 0 Å². The lowest BCUT2D eigenvalue weighted by molar-refractivity contribution is -0.128. The highest BCUT2D eigenvalue weighted by atomic mass is 16.1. The molecule has 0 unspecified atom stereocenters. The van der Waals surface area contributed by atoms with Crippen LogP contribution in [0.15, 0.2) is 0 Å². The number of hydrogen-bond acceptors (Lipinski definition) is 2. The van der Waals surface area contributed by atoms with Crippen LogP contribution in [-0.2, 0) is 4.79 Å². The Morgan fingerprint density at radius 3 is 2.82 bits per heavy atom. The molecule has 2 aliphatic rings. The lowest BCUT2D eigenvalue weighted by Crippen LogP contribution is -2.52. The van der Waals surface area contributed by atoms with Crippen molar-refractivity contribution >= 4 is 5.91 Å². The summed E-state index contributed by atoms with van der Waals surface area (Å²) in [5.74, 6) is 0.211. The molecule has 1 amide bonds. The molecule has 3 nitrogen and oxygen atoms in total. The number of amides is 1. The van der Waals surface area contributed by atoms with E-state index in [4.69, 9.17) is 5.73 Å². The summed E-state index contributed by atoms with van der Waals surface area (Å²) in [6, 6.07) is 0.362. The van der Waals surface area contributed by atoms with Gasteiger partial charge in [0.25, 0.3) is 0 Å².